The molecule has 0 aliphatic rings. The largest absolute Gasteiger partial charge is 0.326 e. The maximum Gasteiger partial charge on any atom is 0.0216 e. The molecule has 13 heavy (non-hydrogen) atoms. The molecule has 0 rings (SSSR count). The Hall–Kier alpha value is -0.0800. The fourth-order valence-corrected chi connectivity index (χ4v) is 1.60. The molecule has 0 saturated heterocycles. The van der Waals surface area contributed by atoms with Gasteiger partial charge in [0.15, 0.2) is 0 Å². The molecule has 0 heterocycles. The Morgan fingerprint density at radius 3 is 2.31 bits per heavy atom. The van der Waals surface area contributed by atoms with E-state index in [9.17, 15) is 0 Å². The lowest BCUT2D eigenvalue weighted by molar-refractivity contribution is 0.395. The molecule has 0 aromatic rings. The van der Waals surface area contributed by atoms with Crippen molar-refractivity contribution in [3.8, 4) is 0 Å². The van der Waals surface area contributed by atoms with Crippen LogP contribution in [0.1, 0.15) is 52.9 Å². The summed E-state index contributed by atoms with van der Waals surface area (Å²) in [7, 11) is 0. The minimum absolute atomic E-state index is 0.340. The van der Waals surface area contributed by atoms with Gasteiger partial charge in [-0.1, -0.05) is 33.6 Å². The zero-order valence-electron chi connectivity index (χ0n) is 9.47. The maximum atomic E-state index is 6.06. The number of unbranched alkanes of at least 4 members (excludes halogenated alkanes) is 1. The van der Waals surface area contributed by atoms with Crippen LogP contribution < -0.4 is 11.1 Å². The molecule has 0 fully saturated rings. The molecule has 0 spiro atoms. The highest BCUT2D eigenvalue weighted by Crippen LogP contribution is 2.03. The molecule has 2 atom stereocenters. The molecule has 0 saturated carbocycles. The van der Waals surface area contributed by atoms with Crippen LogP contribution in [0.4, 0.5) is 0 Å². The van der Waals surface area contributed by atoms with Crippen LogP contribution in [0, 0.1) is 0 Å². The lowest BCUT2D eigenvalue weighted by Gasteiger charge is -2.23. The summed E-state index contributed by atoms with van der Waals surface area (Å²) in [6.45, 7) is 7.73. The lowest BCUT2D eigenvalue weighted by Crippen LogP contribution is -2.44. The van der Waals surface area contributed by atoms with Crippen LogP contribution in [0.5, 0.6) is 0 Å². The number of hydrogen-bond donors (Lipinski definition) is 2. The molecule has 2 nitrogen and oxygen atoms in total. The number of rotatable bonds is 8. The standard InChI is InChI=1S/C11H26N2/c1-4-7-9-13-11(6-3)10(12)8-5-2/h10-11,13H,4-9,12H2,1-3H3. The van der Waals surface area contributed by atoms with Crippen LogP contribution in [-0.2, 0) is 0 Å². The third kappa shape index (κ3) is 6.05. The highest BCUT2D eigenvalue weighted by atomic mass is 14.9. The second kappa shape index (κ2) is 8.52. The fraction of sp³-hybridized carbons (Fsp3) is 1.00. The lowest BCUT2D eigenvalue weighted by atomic mass is 10.0. The second-order valence-corrected chi connectivity index (χ2v) is 3.77. The van der Waals surface area contributed by atoms with E-state index in [1.54, 1.807) is 0 Å². The third-order valence-corrected chi connectivity index (χ3v) is 2.52. The van der Waals surface area contributed by atoms with Crippen LogP contribution in [0.25, 0.3) is 0 Å². The predicted octanol–water partition coefficient (Wildman–Crippen LogP) is 2.28. The Kier molecular flexibility index (Phi) is 8.46. The van der Waals surface area contributed by atoms with E-state index in [1.165, 1.54) is 19.3 Å². The summed E-state index contributed by atoms with van der Waals surface area (Å²) in [6, 6.07) is 0.860. The van der Waals surface area contributed by atoms with Gasteiger partial charge < -0.3 is 11.1 Å². The van der Waals surface area contributed by atoms with Crippen molar-refractivity contribution in [3.05, 3.63) is 0 Å². The van der Waals surface area contributed by atoms with E-state index in [1.807, 2.05) is 0 Å². The van der Waals surface area contributed by atoms with Crippen LogP contribution in [0.2, 0.25) is 0 Å². The molecule has 0 aromatic carbocycles. The highest BCUT2D eigenvalue weighted by Gasteiger charge is 2.13. The number of hydrogen-bond acceptors (Lipinski definition) is 2. The van der Waals surface area contributed by atoms with Gasteiger partial charge >= 0.3 is 0 Å². The van der Waals surface area contributed by atoms with Crippen LogP contribution in [-0.4, -0.2) is 18.6 Å². The van der Waals surface area contributed by atoms with Crippen LogP contribution in [0.3, 0.4) is 0 Å². The first-order valence-corrected chi connectivity index (χ1v) is 5.75. The Balaban J connectivity index is 3.60. The molecule has 2 heteroatoms. The van der Waals surface area contributed by atoms with Crippen molar-refractivity contribution in [2.24, 2.45) is 5.73 Å². The van der Waals surface area contributed by atoms with E-state index in [-0.39, 0.29) is 0 Å². The normalized spacial score (nSPS) is 15.7. The van der Waals surface area contributed by atoms with E-state index < -0.39 is 0 Å². The summed E-state index contributed by atoms with van der Waals surface area (Å²) in [5.74, 6) is 0. The minimum atomic E-state index is 0.340. The predicted molar refractivity (Wildman–Crippen MR) is 59.9 cm³/mol. The second-order valence-electron chi connectivity index (χ2n) is 3.77. The van der Waals surface area contributed by atoms with Crippen LogP contribution >= 0.6 is 0 Å². The van der Waals surface area contributed by atoms with Gasteiger partial charge in [0.05, 0.1) is 0 Å². The Morgan fingerprint density at radius 2 is 1.85 bits per heavy atom. The Morgan fingerprint density at radius 1 is 1.15 bits per heavy atom. The van der Waals surface area contributed by atoms with Gasteiger partial charge in [0, 0.05) is 12.1 Å². The number of nitrogens with two attached hydrogens (primary N) is 1. The van der Waals surface area contributed by atoms with Crippen molar-refractivity contribution in [1.29, 1.82) is 0 Å². The first-order chi connectivity index (χ1) is 6.26. The van der Waals surface area contributed by atoms with Crippen molar-refractivity contribution in [2.75, 3.05) is 6.54 Å². The smallest absolute Gasteiger partial charge is 0.0216 e. The topological polar surface area (TPSA) is 38.0 Å². The Bertz CT molecular complexity index is 104. The molecule has 0 radical (unpaired) electrons. The van der Waals surface area contributed by atoms with Crippen molar-refractivity contribution in [3.63, 3.8) is 0 Å². The Labute approximate surface area is 83.3 Å². The zero-order chi connectivity index (χ0) is 10.1. The first kappa shape index (κ1) is 12.9. The van der Waals surface area contributed by atoms with Crippen molar-refractivity contribution >= 4 is 0 Å². The molecule has 80 valence electrons. The van der Waals surface area contributed by atoms with E-state index >= 15 is 0 Å². The van der Waals surface area contributed by atoms with Gasteiger partial charge in [-0.05, 0) is 25.8 Å². The van der Waals surface area contributed by atoms with Gasteiger partial charge in [-0.25, -0.2) is 0 Å². The highest BCUT2D eigenvalue weighted by molar-refractivity contribution is 4.77. The third-order valence-electron chi connectivity index (χ3n) is 2.52. The molecule has 0 aliphatic heterocycles. The average molecular weight is 186 g/mol. The van der Waals surface area contributed by atoms with Crippen molar-refractivity contribution in [2.45, 2.75) is 65.0 Å². The van der Waals surface area contributed by atoms with Crippen molar-refractivity contribution < 1.29 is 0 Å². The van der Waals surface area contributed by atoms with E-state index in [2.05, 4.69) is 26.1 Å². The van der Waals surface area contributed by atoms with Gasteiger partial charge in [-0.15, -0.1) is 0 Å². The summed E-state index contributed by atoms with van der Waals surface area (Å²) in [6.07, 6.45) is 5.98. The minimum Gasteiger partial charge on any atom is -0.326 e. The van der Waals surface area contributed by atoms with Gasteiger partial charge in [0.1, 0.15) is 0 Å². The molecule has 0 amide bonds. The summed E-state index contributed by atoms with van der Waals surface area (Å²) in [5.41, 5.74) is 6.06. The SMILES string of the molecule is CCCCNC(CC)C(N)CCC. The van der Waals surface area contributed by atoms with Gasteiger partial charge in [0.25, 0.3) is 0 Å². The van der Waals surface area contributed by atoms with Gasteiger partial charge in [0.2, 0.25) is 0 Å². The average Bonchev–Trinajstić information content (AvgIpc) is 2.13. The van der Waals surface area contributed by atoms with Gasteiger partial charge in [-0.2, -0.15) is 0 Å². The van der Waals surface area contributed by atoms with Crippen LogP contribution in [0.15, 0.2) is 0 Å². The molecule has 2 unspecified atom stereocenters. The van der Waals surface area contributed by atoms with Gasteiger partial charge in [-0.3, -0.25) is 0 Å². The maximum absolute atomic E-state index is 6.06. The fourth-order valence-electron chi connectivity index (χ4n) is 1.60. The monoisotopic (exact) mass is 186 g/mol. The van der Waals surface area contributed by atoms with Crippen molar-refractivity contribution in [1.82, 2.24) is 5.32 Å². The van der Waals surface area contributed by atoms with E-state index in [0.29, 0.717) is 12.1 Å². The molecule has 0 aromatic heterocycles. The number of nitrogens with one attached hydrogen (secondary N) is 1. The van der Waals surface area contributed by atoms with E-state index in [0.717, 1.165) is 19.4 Å². The molecular weight excluding hydrogens is 160 g/mol. The molecule has 0 bridgehead atoms. The summed E-state index contributed by atoms with van der Waals surface area (Å²) in [4.78, 5) is 0. The molecular formula is C11H26N2. The quantitative estimate of drug-likeness (QED) is 0.571. The molecule has 0 aliphatic carbocycles. The molecule has 3 N–H and O–H groups in total. The summed E-state index contributed by atoms with van der Waals surface area (Å²) in [5, 5.41) is 3.53. The zero-order valence-corrected chi connectivity index (χ0v) is 9.47. The van der Waals surface area contributed by atoms with E-state index in [4.69, 9.17) is 5.73 Å². The first-order valence-electron chi connectivity index (χ1n) is 5.75. The summed E-state index contributed by atoms with van der Waals surface area (Å²) >= 11 is 0. The summed E-state index contributed by atoms with van der Waals surface area (Å²) < 4.78 is 0.